The number of benzene rings is 3. The van der Waals surface area contributed by atoms with Gasteiger partial charge in [0.1, 0.15) is 11.5 Å². The van der Waals surface area contributed by atoms with E-state index in [1.54, 1.807) is 24.3 Å². The highest BCUT2D eigenvalue weighted by molar-refractivity contribution is 6.34. The second-order valence-corrected chi connectivity index (χ2v) is 9.82. The van der Waals surface area contributed by atoms with E-state index in [9.17, 15) is 18.8 Å². The van der Waals surface area contributed by atoms with Crippen LogP contribution in [0.3, 0.4) is 0 Å². The number of halogens is 2. The number of likely N-dealkylation sites (tertiary alicyclic amines) is 1. The number of anilines is 2. The van der Waals surface area contributed by atoms with Crippen LogP contribution in [0.4, 0.5) is 15.8 Å². The molecule has 1 unspecified atom stereocenters. The third kappa shape index (κ3) is 6.53. The largest absolute Gasteiger partial charge is 0.347 e. The Morgan fingerprint density at radius 1 is 0.950 bits per heavy atom. The van der Waals surface area contributed by atoms with Crippen molar-refractivity contribution in [3.8, 4) is 0 Å². The van der Waals surface area contributed by atoms with Crippen LogP contribution >= 0.6 is 11.6 Å². The van der Waals surface area contributed by atoms with Gasteiger partial charge in [0.05, 0.1) is 16.9 Å². The van der Waals surface area contributed by atoms with E-state index >= 15 is 0 Å². The summed E-state index contributed by atoms with van der Waals surface area (Å²) in [5, 5.41) is 8.38. The minimum atomic E-state index is -0.557. The average Bonchev–Trinajstić information content (AvgIpc) is 3.60. The molecule has 0 saturated carbocycles. The monoisotopic (exact) mass is 560 g/mol. The number of nitrogens with zero attached hydrogens (tertiary/aromatic N) is 2. The van der Waals surface area contributed by atoms with Gasteiger partial charge in [0.2, 0.25) is 0 Å². The quantitative estimate of drug-likeness (QED) is 0.249. The zero-order valence-corrected chi connectivity index (χ0v) is 22.0. The molecule has 11 heteroatoms. The lowest BCUT2D eigenvalue weighted by Gasteiger charge is -2.16. The maximum absolute atomic E-state index is 13.2. The van der Waals surface area contributed by atoms with E-state index in [0.717, 1.165) is 31.6 Å². The van der Waals surface area contributed by atoms with Gasteiger partial charge in [-0.1, -0.05) is 41.9 Å². The van der Waals surface area contributed by atoms with Crippen LogP contribution in [-0.4, -0.2) is 51.7 Å². The zero-order chi connectivity index (χ0) is 28.1. The van der Waals surface area contributed by atoms with Crippen molar-refractivity contribution in [1.29, 1.82) is 0 Å². The number of hydrogen-bond donors (Lipinski definition) is 4. The van der Waals surface area contributed by atoms with Gasteiger partial charge in [-0.3, -0.25) is 19.3 Å². The Morgan fingerprint density at radius 3 is 2.35 bits per heavy atom. The van der Waals surface area contributed by atoms with Crippen molar-refractivity contribution in [2.45, 2.75) is 19.0 Å². The van der Waals surface area contributed by atoms with Gasteiger partial charge < -0.3 is 20.9 Å². The van der Waals surface area contributed by atoms with E-state index < -0.39 is 23.5 Å². The van der Waals surface area contributed by atoms with E-state index in [-0.39, 0.29) is 28.0 Å². The summed E-state index contributed by atoms with van der Waals surface area (Å²) in [6.07, 6.45) is 2.11. The molecule has 1 aliphatic heterocycles. The number of aromatic amines is 1. The fourth-order valence-electron chi connectivity index (χ4n) is 4.53. The van der Waals surface area contributed by atoms with Gasteiger partial charge in [0.25, 0.3) is 17.7 Å². The molecule has 0 bridgehead atoms. The number of hydrogen-bond acceptors (Lipinski definition) is 5. The lowest BCUT2D eigenvalue weighted by Crippen LogP contribution is -2.38. The van der Waals surface area contributed by atoms with Crippen LogP contribution < -0.4 is 16.0 Å². The second kappa shape index (κ2) is 12.1. The summed E-state index contributed by atoms with van der Waals surface area (Å²) in [5.74, 6) is -1.99. The maximum Gasteiger partial charge on any atom is 0.276 e. The molecule has 4 N–H and O–H groups in total. The van der Waals surface area contributed by atoms with Gasteiger partial charge in [-0.25, -0.2) is 9.37 Å². The molecule has 0 spiro atoms. The number of imidazole rings is 1. The average molecular weight is 561 g/mol. The molecule has 5 rings (SSSR count). The van der Waals surface area contributed by atoms with Crippen molar-refractivity contribution < 1.29 is 18.8 Å². The number of aromatic nitrogens is 2. The summed E-state index contributed by atoms with van der Waals surface area (Å²) in [5.41, 5.74) is 2.28. The van der Waals surface area contributed by atoms with Gasteiger partial charge in [-0.05, 0) is 54.4 Å². The molecule has 0 aliphatic carbocycles. The standard InChI is InChI=1S/C29H26ClFN6O3/c30-24-14-19(31)6-11-23(24)27(38)34-20-7-9-21(10-8-20)35-28(39)25-26(33-17-32-25)29(40)36-22-12-13-37(16-22)15-18-4-2-1-3-5-18/h1-11,14,17,22H,12-13,15-16H2,(H,32,33)(H,34,38)(H,35,39)(H,36,40). The molecule has 204 valence electrons. The molecule has 1 saturated heterocycles. The van der Waals surface area contributed by atoms with Crippen LogP contribution in [0.25, 0.3) is 0 Å². The topological polar surface area (TPSA) is 119 Å². The molecule has 1 fully saturated rings. The molecular weight excluding hydrogens is 535 g/mol. The molecule has 1 aliphatic rings. The number of rotatable bonds is 8. The fraction of sp³-hybridized carbons (Fsp3) is 0.172. The van der Waals surface area contributed by atoms with E-state index in [4.69, 9.17) is 11.6 Å². The van der Waals surface area contributed by atoms with Crippen molar-refractivity contribution in [2.24, 2.45) is 0 Å². The van der Waals surface area contributed by atoms with Crippen LogP contribution in [0.2, 0.25) is 5.02 Å². The minimum absolute atomic E-state index is 0.00216. The van der Waals surface area contributed by atoms with Crippen molar-refractivity contribution in [2.75, 3.05) is 23.7 Å². The third-order valence-corrected chi connectivity index (χ3v) is 6.83. The molecule has 1 aromatic heterocycles. The van der Waals surface area contributed by atoms with Gasteiger partial charge in [0, 0.05) is 37.1 Å². The van der Waals surface area contributed by atoms with Crippen LogP contribution in [0.1, 0.15) is 43.3 Å². The van der Waals surface area contributed by atoms with Crippen LogP contribution in [-0.2, 0) is 6.54 Å². The second-order valence-electron chi connectivity index (χ2n) is 9.42. The maximum atomic E-state index is 13.2. The lowest BCUT2D eigenvalue weighted by atomic mass is 10.2. The zero-order valence-electron chi connectivity index (χ0n) is 21.3. The number of carbonyl (C=O) groups excluding carboxylic acids is 3. The highest BCUT2D eigenvalue weighted by atomic mass is 35.5. The van der Waals surface area contributed by atoms with Gasteiger partial charge in [-0.15, -0.1) is 0 Å². The van der Waals surface area contributed by atoms with Crippen LogP contribution in [0, 0.1) is 5.82 Å². The molecule has 2 heterocycles. The van der Waals surface area contributed by atoms with Gasteiger partial charge in [-0.2, -0.15) is 0 Å². The molecule has 3 aromatic carbocycles. The number of amides is 3. The van der Waals surface area contributed by atoms with Gasteiger partial charge in [0.15, 0.2) is 5.69 Å². The minimum Gasteiger partial charge on any atom is -0.347 e. The van der Waals surface area contributed by atoms with Gasteiger partial charge >= 0.3 is 0 Å². The SMILES string of the molecule is O=C(Nc1ccc(NC(=O)c2nc[nH]c2C(=O)NC2CCN(Cc3ccccc3)C2)cc1)c1ccc(F)cc1Cl. The number of carbonyl (C=O) groups is 3. The molecule has 40 heavy (non-hydrogen) atoms. The Bertz CT molecular complexity index is 1530. The Morgan fingerprint density at radius 2 is 1.65 bits per heavy atom. The summed E-state index contributed by atoms with van der Waals surface area (Å²) in [6.45, 7) is 2.39. The predicted octanol–water partition coefficient (Wildman–Crippen LogP) is 4.71. The Balaban J connectivity index is 1.15. The van der Waals surface area contributed by atoms with Crippen molar-refractivity contribution in [1.82, 2.24) is 20.2 Å². The Hall–Kier alpha value is -4.54. The predicted molar refractivity (Wildman–Crippen MR) is 150 cm³/mol. The highest BCUT2D eigenvalue weighted by Gasteiger charge is 2.27. The van der Waals surface area contributed by atoms with Crippen molar-refractivity contribution in [3.05, 3.63) is 112 Å². The van der Waals surface area contributed by atoms with E-state index in [2.05, 4.69) is 43.0 Å². The van der Waals surface area contributed by atoms with Crippen molar-refractivity contribution >= 4 is 40.7 Å². The summed E-state index contributed by atoms with van der Waals surface area (Å²) in [7, 11) is 0. The van der Waals surface area contributed by atoms with Crippen molar-refractivity contribution in [3.63, 3.8) is 0 Å². The summed E-state index contributed by atoms with van der Waals surface area (Å²) < 4.78 is 13.2. The van der Waals surface area contributed by atoms with Crippen LogP contribution in [0.5, 0.6) is 0 Å². The summed E-state index contributed by atoms with van der Waals surface area (Å²) in [6, 6.07) is 20.0. The first kappa shape index (κ1) is 27.0. The Labute approximate surface area is 234 Å². The Kier molecular flexibility index (Phi) is 8.18. The molecule has 1 atom stereocenters. The van der Waals surface area contributed by atoms with E-state index in [1.165, 1.54) is 18.0 Å². The first-order valence-electron chi connectivity index (χ1n) is 12.6. The lowest BCUT2D eigenvalue weighted by molar-refractivity contribution is 0.0921. The summed E-state index contributed by atoms with van der Waals surface area (Å²) in [4.78, 5) is 47.4. The highest BCUT2D eigenvalue weighted by Crippen LogP contribution is 2.21. The summed E-state index contributed by atoms with van der Waals surface area (Å²) >= 11 is 5.95. The molecular formula is C29H26ClFN6O3. The van der Waals surface area contributed by atoms with E-state index in [0.29, 0.717) is 17.9 Å². The molecule has 9 nitrogen and oxygen atoms in total. The number of H-pyrrole nitrogens is 1. The fourth-order valence-corrected chi connectivity index (χ4v) is 4.79. The molecule has 3 amide bonds. The first-order chi connectivity index (χ1) is 19.4. The first-order valence-corrected chi connectivity index (χ1v) is 13.0. The van der Waals surface area contributed by atoms with E-state index in [1.807, 2.05) is 18.2 Å². The molecule has 0 radical (unpaired) electrons. The molecule has 4 aromatic rings. The third-order valence-electron chi connectivity index (χ3n) is 6.51. The van der Waals surface area contributed by atoms with Crippen LogP contribution in [0.15, 0.2) is 79.1 Å². The smallest absolute Gasteiger partial charge is 0.276 e. The normalized spacial score (nSPS) is 15.0. The number of nitrogens with one attached hydrogen (secondary N) is 4.